The van der Waals surface area contributed by atoms with Crippen LogP contribution in [0.2, 0.25) is 0 Å². The second-order valence-electron chi connectivity index (χ2n) is 3.85. The van der Waals surface area contributed by atoms with Crippen molar-refractivity contribution < 1.29 is 46.1 Å². The summed E-state index contributed by atoms with van der Waals surface area (Å²) in [6.07, 6.45) is -2.80. The van der Waals surface area contributed by atoms with E-state index in [4.69, 9.17) is 10.2 Å². The molecule has 0 aromatic rings. The van der Waals surface area contributed by atoms with Crippen molar-refractivity contribution in [3.8, 4) is 0 Å². The lowest BCUT2D eigenvalue weighted by Crippen LogP contribution is -2.53. The third kappa shape index (κ3) is 5.12. The molecule has 0 saturated heterocycles. The van der Waals surface area contributed by atoms with Crippen LogP contribution in [-0.2, 0) is 9.59 Å². The number of carbonyl (C=O) groups is 2. The van der Waals surface area contributed by atoms with E-state index in [0.29, 0.717) is 12.2 Å². The third-order valence-electron chi connectivity index (χ3n) is 2.20. The molecule has 0 aliphatic carbocycles. The van der Waals surface area contributed by atoms with Gasteiger partial charge in [-0.3, -0.25) is 0 Å². The second-order valence-corrected chi connectivity index (χ2v) is 3.85. The number of rotatable bonds is 8. The summed E-state index contributed by atoms with van der Waals surface area (Å²) >= 11 is 0. The number of carboxylic acids is 2. The van der Waals surface area contributed by atoms with E-state index in [0.717, 1.165) is 0 Å². The van der Waals surface area contributed by atoms with E-state index in [2.05, 4.69) is 0 Å². The average molecular weight is 320 g/mol. The van der Waals surface area contributed by atoms with E-state index in [1.165, 1.54) is 0 Å². The summed E-state index contributed by atoms with van der Waals surface area (Å²) < 4.78 is 78.6. The van der Waals surface area contributed by atoms with Crippen molar-refractivity contribution in [1.29, 1.82) is 0 Å². The molecule has 0 saturated carbocycles. The molecule has 4 nitrogen and oxygen atoms in total. The highest BCUT2D eigenvalue weighted by Crippen LogP contribution is 2.48. The normalized spacial score (nSPS) is 14.0. The smallest absolute Gasteiger partial charge is 0.375 e. The molecule has 0 bridgehead atoms. The molecule has 0 spiro atoms. The van der Waals surface area contributed by atoms with Crippen molar-refractivity contribution in [2.45, 2.75) is 30.6 Å². The first-order valence-corrected chi connectivity index (χ1v) is 5.28. The van der Waals surface area contributed by atoms with Gasteiger partial charge in [-0.05, 0) is 12.5 Å². The Morgan fingerprint density at radius 1 is 0.905 bits per heavy atom. The van der Waals surface area contributed by atoms with Crippen molar-refractivity contribution in [3.63, 3.8) is 0 Å². The maximum Gasteiger partial charge on any atom is 0.375 e. The predicted octanol–water partition coefficient (Wildman–Crippen LogP) is 2.95. The van der Waals surface area contributed by atoms with E-state index >= 15 is 0 Å². The topological polar surface area (TPSA) is 74.6 Å². The first-order chi connectivity index (χ1) is 9.33. The van der Waals surface area contributed by atoms with Crippen molar-refractivity contribution in [3.05, 3.63) is 24.3 Å². The van der Waals surface area contributed by atoms with Gasteiger partial charge >= 0.3 is 29.7 Å². The van der Waals surface area contributed by atoms with Gasteiger partial charge in [0.2, 0.25) is 0 Å². The van der Waals surface area contributed by atoms with Gasteiger partial charge < -0.3 is 10.2 Å². The number of hydrogen-bond acceptors (Lipinski definition) is 2. The minimum Gasteiger partial charge on any atom is -0.478 e. The quantitative estimate of drug-likeness (QED) is 0.533. The molecule has 2 N–H and O–H groups in total. The molecule has 21 heavy (non-hydrogen) atoms. The summed E-state index contributed by atoms with van der Waals surface area (Å²) in [6.45, 7) is 0. The van der Waals surface area contributed by atoms with Gasteiger partial charge in [0.05, 0.1) is 0 Å². The highest BCUT2D eigenvalue weighted by atomic mass is 19.3. The number of halogens is 6. The Bertz CT molecular complexity index is 456. The molecule has 0 aliphatic rings. The van der Waals surface area contributed by atoms with Crippen LogP contribution in [0.3, 0.4) is 0 Å². The fourth-order valence-corrected chi connectivity index (χ4v) is 1.13. The molecule has 0 rings (SSSR count). The summed E-state index contributed by atoms with van der Waals surface area (Å²) in [4.78, 5) is 20.0. The van der Waals surface area contributed by atoms with Crippen LogP contribution in [0.25, 0.3) is 0 Å². The zero-order chi connectivity index (χ0) is 16.9. The Balaban J connectivity index is 5.08. The third-order valence-corrected chi connectivity index (χ3v) is 2.20. The van der Waals surface area contributed by atoms with Gasteiger partial charge in [-0.2, -0.15) is 26.3 Å². The van der Waals surface area contributed by atoms with E-state index < -0.39 is 48.6 Å². The Kier molecular flexibility index (Phi) is 6.00. The van der Waals surface area contributed by atoms with Crippen molar-refractivity contribution in [2.75, 3.05) is 0 Å². The fourth-order valence-electron chi connectivity index (χ4n) is 1.13. The van der Waals surface area contributed by atoms with E-state index in [1.54, 1.807) is 0 Å². The van der Waals surface area contributed by atoms with Crippen LogP contribution < -0.4 is 0 Å². The minimum absolute atomic E-state index is 0.367. The molecular formula is C11H10F6O4. The number of carboxylic acid groups (broad SMARTS) is 2. The van der Waals surface area contributed by atoms with Crippen LogP contribution in [0, 0.1) is 0 Å². The first kappa shape index (κ1) is 19.0. The Morgan fingerprint density at radius 3 is 1.81 bits per heavy atom. The first-order valence-electron chi connectivity index (χ1n) is 5.28. The molecule has 10 heteroatoms. The molecular weight excluding hydrogens is 310 g/mol. The summed E-state index contributed by atoms with van der Waals surface area (Å²) in [5, 5.41) is 16.2. The van der Waals surface area contributed by atoms with Crippen molar-refractivity contribution in [1.82, 2.24) is 0 Å². The molecule has 0 heterocycles. The monoisotopic (exact) mass is 320 g/mol. The van der Waals surface area contributed by atoms with Crippen LogP contribution in [0.15, 0.2) is 24.3 Å². The maximum atomic E-state index is 13.2. The van der Waals surface area contributed by atoms with Crippen LogP contribution in [0.5, 0.6) is 0 Å². The summed E-state index contributed by atoms with van der Waals surface area (Å²) in [5.41, 5.74) is 0. The molecule has 0 aliphatic heterocycles. The van der Waals surface area contributed by atoms with Gasteiger partial charge in [-0.15, -0.1) is 0 Å². The van der Waals surface area contributed by atoms with Crippen molar-refractivity contribution >= 4 is 11.9 Å². The minimum atomic E-state index is -5.83. The zero-order valence-electron chi connectivity index (χ0n) is 10.2. The lowest BCUT2D eigenvalue weighted by molar-refractivity contribution is -0.293. The van der Waals surface area contributed by atoms with E-state index in [-0.39, 0.29) is 6.08 Å². The lowest BCUT2D eigenvalue weighted by Gasteiger charge is -2.31. The van der Waals surface area contributed by atoms with Crippen LogP contribution in [0.4, 0.5) is 26.3 Å². The molecule has 120 valence electrons. The van der Waals surface area contributed by atoms with Gasteiger partial charge in [0.25, 0.3) is 0 Å². The highest BCUT2D eigenvalue weighted by molar-refractivity contribution is 5.80. The number of aliphatic carboxylic acids is 2. The summed E-state index contributed by atoms with van der Waals surface area (Å²) in [5.74, 6) is -19.9. The van der Waals surface area contributed by atoms with Gasteiger partial charge in [0.15, 0.2) is 0 Å². The summed E-state index contributed by atoms with van der Waals surface area (Å²) in [6, 6.07) is 0. The maximum absolute atomic E-state index is 13.2. The Labute approximate surface area is 114 Å². The van der Waals surface area contributed by atoms with E-state index in [1.807, 2.05) is 0 Å². The van der Waals surface area contributed by atoms with Crippen LogP contribution in [0.1, 0.15) is 12.8 Å². The molecule has 0 atom stereocenters. The van der Waals surface area contributed by atoms with Crippen LogP contribution in [-0.4, -0.2) is 39.9 Å². The molecule has 0 unspecified atom stereocenters. The Hall–Kier alpha value is -2.00. The average Bonchev–Trinajstić information content (AvgIpc) is 2.31. The zero-order valence-corrected chi connectivity index (χ0v) is 10.2. The van der Waals surface area contributed by atoms with E-state index in [9.17, 15) is 35.9 Å². The number of alkyl halides is 6. The SMILES string of the molecule is O=C(O)C=CCCC(F)(F)C(F)(F)C(F)(F)C=CC(=O)O. The molecule has 0 aromatic heterocycles. The van der Waals surface area contributed by atoms with Gasteiger partial charge in [-0.25, -0.2) is 9.59 Å². The molecule has 0 aromatic carbocycles. The fraction of sp³-hybridized carbons (Fsp3) is 0.455. The molecule has 0 radical (unpaired) electrons. The number of hydrogen-bond donors (Lipinski definition) is 2. The predicted molar refractivity (Wildman–Crippen MR) is 57.6 cm³/mol. The molecule has 0 fully saturated rings. The number of allylic oxidation sites excluding steroid dienone is 2. The van der Waals surface area contributed by atoms with Crippen molar-refractivity contribution in [2.24, 2.45) is 0 Å². The van der Waals surface area contributed by atoms with Gasteiger partial charge in [0.1, 0.15) is 0 Å². The summed E-state index contributed by atoms with van der Waals surface area (Å²) in [7, 11) is 0. The van der Waals surface area contributed by atoms with Gasteiger partial charge in [0, 0.05) is 18.6 Å². The molecule has 0 amide bonds. The standard InChI is InChI=1S/C11H10F6O4/c12-9(13,5-2-1-3-7(18)19)11(16,17)10(14,15)6-4-8(20)21/h1,3-4,6H,2,5H2,(H,18,19)(H,20,21). The largest absolute Gasteiger partial charge is 0.478 e. The van der Waals surface area contributed by atoms with Gasteiger partial charge in [-0.1, -0.05) is 6.08 Å². The lowest BCUT2D eigenvalue weighted by atomic mass is 9.99. The second kappa shape index (κ2) is 6.64. The Morgan fingerprint density at radius 2 is 1.38 bits per heavy atom. The highest BCUT2D eigenvalue weighted by Gasteiger charge is 2.69. The van der Waals surface area contributed by atoms with Crippen LogP contribution >= 0.6 is 0 Å².